The summed E-state index contributed by atoms with van der Waals surface area (Å²) in [6.45, 7) is 17.9. The van der Waals surface area contributed by atoms with E-state index in [1.165, 1.54) is 0 Å². The fourth-order valence-electron chi connectivity index (χ4n) is 2.97. The Labute approximate surface area is 215 Å². The van der Waals surface area contributed by atoms with Crippen LogP contribution in [0.3, 0.4) is 0 Å². The SMILES string of the molecule is CCC(C)(CCC(C)(C)OC(=O)c1ccccc1)N=C(NC(=O)OC(C)(C)C)NC(=O)OC(C)(C)C. The summed E-state index contributed by atoms with van der Waals surface area (Å²) < 4.78 is 16.4. The van der Waals surface area contributed by atoms with Crippen LogP contribution in [0.2, 0.25) is 0 Å². The van der Waals surface area contributed by atoms with Gasteiger partial charge in [-0.15, -0.1) is 0 Å². The summed E-state index contributed by atoms with van der Waals surface area (Å²) in [5.74, 6) is -0.483. The van der Waals surface area contributed by atoms with E-state index in [4.69, 9.17) is 14.2 Å². The van der Waals surface area contributed by atoms with Crippen LogP contribution in [0.1, 0.15) is 98.9 Å². The maximum atomic E-state index is 12.5. The predicted molar refractivity (Wildman–Crippen MR) is 140 cm³/mol. The third kappa shape index (κ3) is 12.6. The Morgan fingerprint density at radius 3 is 1.64 bits per heavy atom. The highest BCUT2D eigenvalue weighted by Crippen LogP contribution is 2.28. The zero-order valence-corrected chi connectivity index (χ0v) is 23.4. The molecule has 1 unspecified atom stereocenters. The number of aliphatic imine (C=N–C) groups is 1. The van der Waals surface area contributed by atoms with E-state index in [9.17, 15) is 14.4 Å². The Kier molecular flexibility index (Phi) is 10.5. The molecule has 36 heavy (non-hydrogen) atoms. The van der Waals surface area contributed by atoms with Crippen LogP contribution < -0.4 is 10.6 Å². The number of nitrogens with zero attached hydrogens (tertiary/aromatic N) is 1. The molecule has 2 N–H and O–H groups in total. The third-order valence-corrected chi connectivity index (χ3v) is 5.03. The minimum Gasteiger partial charge on any atom is -0.456 e. The highest BCUT2D eigenvalue weighted by Gasteiger charge is 2.31. The first kappa shape index (κ1) is 30.9. The molecule has 0 heterocycles. The van der Waals surface area contributed by atoms with Gasteiger partial charge in [-0.3, -0.25) is 10.6 Å². The van der Waals surface area contributed by atoms with Crippen LogP contribution in [0.15, 0.2) is 35.3 Å². The normalized spacial score (nSPS) is 13.6. The summed E-state index contributed by atoms with van der Waals surface area (Å²) in [4.78, 5) is 42.0. The minimum atomic E-state index is -0.768. The van der Waals surface area contributed by atoms with Gasteiger partial charge in [-0.1, -0.05) is 25.1 Å². The Morgan fingerprint density at radius 2 is 1.22 bits per heavy atom. The number of alkyl carbamates (subject to hydrolysis) is 2. The first-order valence-corrected chi connectivity index (χ1v) is 12.2. The second-order valence-corrected chi connectivity index (χ2v) is 11.6. The van der Waals surface area contributed by atoms with Crippen molar-refractivity contribution in [3.8, 4) is 0 Å². The quantitative estimate of drug-likeness (QED) is 0.204. The van der Waals surface area contributed by atoms with Crippen molar-refractivity contribution in [1.82, 2.24) is 10.6 Å². The van der Waals surface area contributed by atoms with Crippen LogP contribution in [0.5, 0.6) is 0 Å². The van der Waals surface area contributed by atoms with Crippen LogP contribution in [-0.2, 0) is 14.2 Å². The molecule has 0 aliphatic carbocycles. The molecule has 0 aliphatic heterocycles. The molecule has 1 aromatic rings. The van der Waals surface area contributed by atoms with E-state index in [2.05, 4.69) is 15.6 Å². The van der Waals surface area contributed by atoms with Crippen LogP contribution >= 0.6 is 0 Å². The lowest BCUT2D eigenvalue weighted by molar-refractivity contribution is -0.00760. The number of rotatable bonds is 7. The molecule has 1 rings (SSSR count). The monoisotopic (exact) mass is 505 g/mol. The first-order chi connectivity index (χ1) is 16.3. The maximum Gasteiger partial charge on any atom is 0.414 e. The maximum absolute atomic E-state index is 12.5. The number of carbonyl (C=O) groups excluding carboxylic acids is 3. The van der Waals surface area contributed by atoms with Gasteiger partial charge in [-0.05, 0) is 93.7 Å². The van der Waals surface area contributed by atoms with Gasteiger partial charge in [0.15, 0.2) is 0 Å². The number of guanidine groups is 1. The lowest BCUT2D eigenvalue weighted by Gasteiger charge is -2.31. The van der Waals surface area contributed by atoms with Gasteiger partial charge in [0.1, 0.15) is 16.8 Å². The second-order valence-electron chi connectivity index (χ2n) is 11.6. The molecule has 2 amide bonds. The molecular weight excluding hydrogens is 462 g/mol. The van der Waals surface area contributed by atoms with E-state index in [0.717, 1.165) is 0 Å². The largest absolute Gasteiger partial charge is 0.456 e. The predicted octanol–water partition coefficient (Wildman–Crippen LogP) is 5.98. The number of hydrogen-bond donors (Lipinski definition) is 2. The molecule has 0 aromatic heterocycles. The molecule has 0 aliphatic rings. The van der Waals surface area contributed by atoms with E-state index >= 15 is 0 Å². The number of nitrogens with one attached hydrogen (secondary N) is 2. The number of carbonyl (C=O) groups is 3. The van der Waals surface area contributed by atoms with Gasteiger partial charge in [0.25, 0.3) is 0 Å². The number of ether oxygens (including phenoxy) is 3. The standard InChI is InChI=1S/C27H43N3O6/c1-11-27(10,18-17-26(8,9)34-20(31)19-15-13-12-14-16-19)30-21(28-22(32)35-24(2,3)4)29-23(33)36-25(5,6)7/h12-16H,11,17-18H2,1-10H3,(H2,28,29,30,32,33). The second kappa shape index (κ2) is 12.2. The molecule has 9 heteroatoms. The van der Waals surface area contributed by atoms with Crippen molar-refractivity contribution in [2.75, 3.05) is 0 Å². The van der Waals surface area contributed by atoms with Gasteiger partial charge >= 0.3 is 18.2 Å². The Hall–Kier alpha value is -3.10. The highest BCUT2D eigenvalue weighted by atomic mass is 16.6. The summed E-state index contributed by atoms with van der Waals surface area (Å²) in [7, 11) is 0. The van der Waals surface area contributed by atoms with Crippen LogP contribution in [0, 0.1) is 0 Å². The smallest absolute Gasteiger partial charge is 0.414 e. The number of hydrogen-bond acceptors (Lipinski definition) is 7. The lowest BCUT2D eigenvalue weighted by atomic mass is 9.88. The molecule has 0 bridgehead atoms. The van der Waals surface area contributed by atoms with Gasteiger partial charge < -0.3 is 14.2 Å². The summed E-state index contributed by atoms with van der Waals surface area (Å²) in [5, 5.41) is 5.05. The van der Waals surface area contributed by atoms with E-state index in [1.807, 2.05) is 33.8 Å². The Morgan fingerprint density at radius 1 is 0.750 bits per heavy atom. The van der Waals surface area contributed by atoms with Crippen LogP contribution in [0.4, 0.5) is 9.59 Å². The van der Waals surface area contributed by atoms with E-state index in [-0.39, 0.29) is 5.96 Å². The average Bonchev–Trinajstić information content (AvgIpc) is 2.70. The van der Waals surface area contributed by atoms with Crippen molar-refractivity contribution < 1.29 is 28.6 Å². The molecule has 0 fully saturated rings. The number of amides is 2. The van der Waals surface area contributed by atoms with Crippen molar-refractivity contribution in [2.45, 2.75) is 111 Å². The summed E-state index contributed by atoms with van der Waals surface area (Å²) in [6, 6.07) is 8.80. The van der Waals surface area contributed by atoms with E-state index in [1.54, 1.807) is 65.8 Å². The zero-order chi connectivity index (χ0) is 27.8. The topological polar surface area (TPSA) is 115 Å². The average molecular weight is 506 g/mol. The lowest BCUT2D eigenvalue weighted by Crippen LogP contribution is -2.48. The number of benzene rings is 1. The van der Waals surface area contributed by atoms with Gasteiger partial charge in [-0.2, -0.15) is 0 Å². The molecule has 1 aromatic carbocycles. The van der Waals surface area contributed by atoms with Gasteiger partial charge in [0.05, 0.1) is 11.1 Å². The Balaban J connectivity index is 3.05. The molecule has 9 nitrogen and oxygen atoms in total. The summed E-state index contributed by atoms with van der Waals surface area (Å²) in [6.07, 6.45) is 0.0750. The summed E-state index contributed by atoms with van der Waals surface area (Å²) >= 11 is 0. The van der Waals surface area contributed by atoms with Crippen molar-refractivity contribution in [3.63, 3.8) is 0 Å². The van der Waals surface area contributed by atoms with Crippen molar-refractivity contribution in [2.24, 2.45) is 4.99 Å². The molecule has 202 valence electrons. The fourth-order valence-corrected chi connectivity index (χ4v) is 2.97. The highest BCUT2D eigenvalue weighted by molar-refractivity contribution is 6.01. The Bertz CT molecular complexity index is 897. The molecule has 0 saturated carbocycles. The minimum absolute atomic E-state index is 0.0815. The third-order valence-electron chi connectivity index (χ3n) is 5.03. The van der Waals surface area contributed by atoms with E-state index < -0.39 is 40.5 Å². The molecule has 0 radical (unpaired) electrons. The van der Waals surface area contributed by atoms with Crippen molar-refractivity contribution in [3.05, 3.63) is 35.9 Å². The van der Waals surface area contributed by atoms with Crippen molar-refractivity contribution >= 4 is 24.1 Å². The molecule has 1 atom stereocenters. The van der Waals surface area contributed by atoms with E-state index in [0.29, 0.717) is 24.8 Å². The zero-order valence-electron chi connectivity index (χ0n) is 23.4. The van der Waals surface area contributed by atoms with Gasteiger partial charge in [-0.25, -0.2) is 19.4 Å². The van der Waals surface area contributed by atoms with Crippen molar-refractivity contribution in [1.29, 1.82) is 0 Å². The summed E-state index contributed by atoms with van der Waals surface area (Å²) in [5.41, 5.74) is -2.46. The van der Waals surface area contributed by atoms with Crippen LogP contribution in [-0.4, -0.2) is 46.5 Å². The molecule has 0 spiro atoms. The van der Waals surface area contributed by atoms with Gasteiger partial charge in [0.2, 0.25) is 5.96 Å². The fraction of sp³-hybridized carbons (Fsp3) is 0.630. The van der Waals surface area contributed by atoms with Crippen LogP contribution in [0.25, 0.3) is 0 Å². The number of esters is 1. The first-order valence-electron chi connectivity index (χ1n) is 12.2. The van der Waals surface area contributed by atoms with Gasteiger partial charge in [0, 0.05) is 0 Å². The molecular formula is C27H43N3O6. The molecule has 0 saturated heterocycles.